The molecule has 2 aromatic carbocycles. The highest BCUT2D eigenvalue weighted by Gasteiger charge is 2.09. The van der Waals surface area contributed by atoms with Crippen molar-refractivity contribution in [2.75, 3.05) is 5.32 Å². The first kappa shape index (κ1) is 17.4. The molecule has 3 aromatic rings. The van der Waals surface area contributed by atoms with Crippen LogP contribution in [0.4, 0.5) is 5.69 Å². The summed E-state index contributed by atoms with van der Waals surface area (Å²) in [4.78, 5) is 4.34. The molecule has 0 aliphatic rings. The van der Waals surface area contributed by atoms with Gasteiger partial charge in [0.05, 0.1) is 6.54 Å². The molecule has 2 N–H and O–H groups in total. The molecular formula is C18H17ClN4OS. The molecule has 1 aromatic heterocycles. The Kier molecular flexibility index (Phi) is 5.63. The SMILES string of the molecule is CCc1ccc(NC(=S)NCc2nc(-c3cccc(Cl)c3)no2)cc1. The van der Waals surface area contributed by atoms with E-state index in [9.17, 15) is 0 Å². The normalized spacial score (nSPS) is 10.5. The fraction of sp³-hybridized carbons (Fsp3) is 0.167. The molecule has 0 amide bonds. The topological polar surface area (TPSA) is 63.0 Å². The Labute approximate surface area is 156 Å². The number of thiocarbonyl (C=S) groups is 1. The third kappa shape index (κ3) is 4.78. The minimum Gasteiger partial charge on any atom is -0.353 e. The zero-order chi connectivity index (χ0) is 17.6. The van der Waals surface area contributed by atoms with E-state index in [-0.39, 0.29) is 0 Å². The highest BCUT2D eigenvalue weighted by Crippen LogP contribution is 2.19. The Morgan fingerprint density at radius 3 is 2.72 bits per heavy atom. The van der Waals surface area contributed by atoms with Crippen LogP contribution in [0.2, 0.25) is 5.02 Å². The van der Waals surface area contributed by atoms with Crippen molar-refractivity contribution in [2.45, 2.75) is 19.9 Å². The van der Waals surface area contributed by atoms with Crippen molar-refractivity contribution in [1.82, 2.24) is 15.5 Å². The van der Waals surface area contributed by atoms with Gasteiger partial charge in [-0.25, -0.2) is 0 Å². The van der Waals surface area contributed by atoms with Gasteiger partial charge in [0.25, 0.3) is 0 Å². The van der Waals surface area contributed by atoms with Crippen LogP contribution in [0.15, 0.2) is 53.1 Å². The predicted octanol–water partition coefficient (Wildman–Crippen LogP) is 4.44. The van der Waals surface area contributed by atoms with E-state index in [1.165, 1.54) is 5.56 Å². The van der Waals surface area contributed by atoms with Crippen molar-refractivity contribution in [2.24, 2.45) is 0 Å². The van der Waals surface area contributed by atoms with Crippen molar-refractivity contribution >= 4 is 34.6 Å². The van der Waals surface area contributed by atoms with Crippen LogP contribution in [0.3, 0.4) is 0 Å². The van der Waals surface area contributed by atoms with Crippen molar-refractivity contribution in [3.63, 3.8) is 0 Å². The van der Waals surface area contributed by atoms with Crippen LogP contribution in [-0.4, -0.2) is 15.3 Å². The second-order valence-corrected chi connectivity index (χ2v) is 6.22. The molecule has 0 saturated heterocycles. The van der Waals surface area contributed by atoms with Gasteiger partial charge in [0.15, 0.2) is 5.11 Å². The largest absolute Gasteiger partial charge is 0.353 e. The first-order chi connectivity index (χ1) is 12.1. The summed E-state index contributed by atoms with van der Waals surface area (Å²) in [6, 6.07) is 15.4. The van der Waals surface area contributed by atoms with Gasteiger partial charge >= 0.3 is 0 Å². The van der Waals surface area contributed by atoms with Crippen molar-refractivity contribution in [1.29, 1.82) is 0 Å². The number of rotatable bonds is 5. The molecule has 25 heavy (non-hydrogen) atoms. The van der Waals surface area contributed by atoms with Crippen LogP contribution < -0.4 is 10.6 Å². The maximum Gasteiger partial charge on any atom is 0.246 e. The highest BCUT2D eigenvalue weighted by molar-refractivity contribution is 7.80. The number of nitrogens with zero attached hydrogens (tertiary/aromatic N) is 2. The van der Waals surface area contributed by atoms with Gasteiger partial charge in [-0.3, -0.25) is 0 Å². The molecule has 0 fully saturated rings. The zero-order valence-corrected chi connectivity index (χ0v) is 15.2. The smallest absolute Gasteiger partial charge is 0.246 e. The average Bonchev–Trinajstić information content (AvgIpc) is 3.10. The summed E-state index contributed by atoms with van der Waals surface area (Å²) < 4.78 is 5.24. The maximum absolute atomic E-state index is 5.98. The lowest BCUT2D eigenvalue weighted by Gasteiger charge is -2.09. The zero-order valence-electron chi connectivity index (χ0n) is 13.6. The average molecular weight is 373 g/mol. The number of nitrogens with one attached hydrogen (secondary N) is 2. The van der Waals surface area contributed by atoms with Crippen LogP contribution in [0.5, 0.6) is 0 Å². The third-order valence-electron chi connectivity index (χ3n) is 3.57. The molecule has 3 rings (SSSR count). The molecule has 5 nitrogen and oxygen atoms in total. The molecule has 0 atom stereocenters. The molecular weight excluding hydrogens is 356 g/mol. The number of anilines is 1. The first-order valence-electron chi connectivity index (χ1n) is 7.86. The molecule has 0 aliphatic carbocycles. The second-order valence-electron chi connectivity index (χ2n) is 5.38. The molecule has 128 valence electrons. The Bertz CT molecular complexity index is 864. The number of aryl methyl sites for hydroxylation is 1. The Morgan fingerprint density at radius 2 is 2.00 bits per heavy atom. The molecule has 1 heterocycles. The van der Waals surface area contributed by atoms with Crippen LogP contribution >= 0.6 is 23.8 Å². The second kappa shape index (κ2) is 8.09. The summed E-state index contributed by atoms with van der Waals surface area (Å²) in [6.07, 6.45) is 1.01. The number of aromatic nitrogens is 2. The van der Waals surface area contributed by atoms with Gasteiger partial charge in [0, 0.05) is 16.3 Å². The van der Waals surface area contributed by atoms with E-state index in [2.05, 4.69) is 39.8 Å². The minimum absolute atomic E-state index is 0.340. The van der Waals surface area contributed by atoms with E-state index in [0.29, 0.717) is 28.4 Å². The summed E-state index contributed by atoms with van der Waals surface area (Å²) in [7, 11) is 0. The monoisotopic (exact) mass is 372 g/mol. The van der Waals surface area contributed by atoms with Crippen LogP contribution in [0.1, 0.15) is 18.4 Å². The van der Waals surface area contributed by atoms with Gasteiger partial charge in [-0.1, -0.05) is 47.9 Å². The summed E-state index contributed by atoms with van der Waals surface area (Å²) >= 11 is 11.3. The fourth-order valence-corrected chi connectivity index (χ4v) is 2.61. The molecule has 0 aliphatic heterocycles. The van der Waals surface area contributed by atoms with Gasteiger partial charge in [-0.2, -0.15) is 4.98 Å². The summed E-state index contributed by atoms with van der Waals surface area (Å²) in [5.41, 5.74) is 3.02. The Hall–Kier alpha value is -2.44. The number of benzene rings is 2. The van der Waals surface area contributed by atoms with Gasteiger partial charge in [-0.05, 0) is 48.5 Å². The summed E-state index contributed by atoms with van der Waals surface area (Å²) in [5, 5.41) is 11.3. The highest BCUT2D eigenvalue weighted by atomic mass is 35.5. The van der Waals surface area contributed by atoms with Crippen LogP contribution in [0, 0.1) is 0 Å². The number of hydrogen-bond acceptors (Lipinski definition) is 4. The summed E-state index contributed by atoms with van der Waals surface area (Å²) in [6.45, 7) is 2.46. The fourth-order valence-electron chi connectivity index (χ4n) is 2.23. The van der Waals surface area contributed by atoms with E-state index in [0.717, 1.165) is 17.7 Å². The van der Waals surface area contributed by atoms with Crippen molar-refractivity contribution in [3.05, 3.63) is 65.0 Å². The Balaban J connectivity index is 1.55. The number of hydrogen-bond donors (Lipinski definition) is 2. The lowest BCUT2D eigenvalue weighted by Crippen LogP contribution is -2.28. The van der Waals surface area contributed by atoms with Gasteiger partial charge < -0.3 is 15.2 Å². The lowest BCUT2D eigenvalue weighted by atomic mass is 10.1. The first-order valence-corrected chi connectivity index (χ1v) is 8.65. The molecule has 0 bridgehead atoms. The third-order valence-corrected chi connectivity index (χ3v) is 4.05. The quantitative estimate of drug-likeness (QED) is 0.645. The molecule has 0 unspecified atom stereocenters. The molecule has 0 spiro atoms. The molecule has 0 saturated carbocycles. The molecule has 7 heteroatoms. The van der Waals surface area contributed by atoms with E-state index in [4.69, 9.17) is 28.3 Å². The van der Waals surface area contributed by atoms with Gasteiger partial charge in [0.2, 0.25) is 11.7 Å². The predicted molar refractivity (Wildman–Crippen MR) is 104 cm³/mol. The van der Waals surface area contributed by atoms with E-state index in [1.54, 1.807) is 12.1 Å². The summed E-state index contributed by atoms with van der Waals surface area (Å²) in [5.74, 6) is 0.939. The van der Waals surface area contributed by atoms with Crippen molar-refractivity contribution < 1.29 is 4.52 Å². The van der Waals surface area contributed by atoms with Crippen LogP contribution in [0.25, 0.3) is 11.4 Å². The standard InChI is InChI=1S/C18H17ClN4OS/c1-2-12-6-8-15(9-7-12)21-18(25)20-11-16-22-17(23-24-16)13-4-3-5-14(19)10-13/h3-10H,2,11H2,1H3,(H2,20,21,25). The van der Waals surface area contributed by atoms with Crippen molar-refractivity contribution in [3.8, 4) is 11.4 Å². The Morgan fingerprint density at radius 1 is 1.20 bits per heavy atom. The molecule has 0 radical (unpaired) electrons. The van der Waals surface area contributed by atoms with Gasteiger partial charge in [-0.15, -0.1) is 0 Å². The van der Waals surface area contributed by atoms with E-state index in [1.807, 2.05) is 24.3 Å². The van der Waals surface area contributed by atoms with E-state index < -0.39 is 0 Å². The minimum atomic E-state index is 0.340. The maximum atomic E-state index is 5.98. The van der Waals surface area contributed by atoms with E-state index >= 15 is 0 Å². The van der Waals surface area contributed by atoms with Gasteiger partial charge in [0.1, 0.15) is 0 Å². The number of halogens is 1. The van der Waals surface area contributed by atoms with Crippen LogP contribution in [-0.2, 0) is 13.0 Å². The lowest BCUT2D eigenvalue weighted by molar-refractivity contribution is 0.376.